The van der Waals surface area contributed by atoms with Crippen LogP contribution in [0.5, 0.6) is 0 Å². The Bertz CT molecular complexity index is 1020. The Labute approximate surface area is 167 Å². The monoisotopic (exact) mass is 396 g/mol. The summed E-state index contributed by atoms with van der Waals surface area (Å²) in [5, 5.41) is 0.655. The van der Waals surface area contributed by atoms with Gasteiger partial charge in [-0.3, -0.25) is 9.59 Å². The lowest BCUT2D eigenvalue weighted by Gasteiger charge is -2.30. The van der Waals surface area contributed by atoms with Gasteiger partial charge in [0, 0.05) is 35.8 Å². The van der Waals surface area contributed by atoms with Crippen LogP contribution in [0, 0.1) is 5.92 Å². The maximum atomic E-state index is 13.0. The van der Waals surface area contributed by atoms with Crippen molar-refractivity contribution in [3.8, 4) is 11.3 Å². The third-order valence-corrected chi connectivity index (χ3v) is 5.57. The molecular formula is C21H21ClN4O2. The van der Waals surface area contributed by atoms with Crippen LogP contribution in [0.25, 0.3) is 16.9 Å². The van der Waals surface area contributed by atoms with Crippen LogP contribution < -0.4 is 5.73 Å². The second kappa shape index (κ2) is 7.64. The number of carbonyl (C=O) groups excluding carboxylic acids is 2. The molecule has 0 bridgehead atoms. The predicted octanol–water partition coefficient (Wildman–Crippen LogP) is 2.92. The van der Waals surface area contributed by atoms with E-state index in [2.05, 4.69) is 0 Å². The second-order valence-corrected chi connectivity index (χ2v) is 7.51. The van der Waals surface area contributed by atoms with Crippen molar-refractivity contribution >= 4 is 29.1 Å². The quantitative estimate of drug-likeness (QED) is 0.736. The predicted molar refractivity (Wildman–Crippen MR) is 108 cm³/mol. The minimum absolute atomic E-state index is 0.0313. The van der Waals surface area contributed by atoms with E-state index in [4.69, 9.17) is 22.3 Å². The lowest BCUT2D eigenvalue weighted by molar-refractivity contribution is -0.134. The van der Waals surface area contributed by atoms with Gasteiger partial charge in [-0.05, 0) is 37.1 Å². The summed E-state index contributed by atoms with van der Waals surface area (Å²) >= 11 is 6.02. The summed E-state index contributed by atoms with van der Waals surface area (Å²) in [5.41, 5.74) is 8.73. The molecule has 1 aliphatic heterocycles. The molecule has 0 radical (unpaired) electrons. The zero-order chi connectivity index (χ0) is 19.7. The highest BCUT2D eigenvalue weighted by Gasteiger charge is 2.27. The molecule has 0 spiro atoms. The lowest BCUT2D eigenvalue weighted by atomic mass is 9.96. The van der Waals surface area contributed by atoms with E-state index in [-0.39, 0.29) is 24.2 Å². The Morgan fingerprint density at radius 1 is 1.11 bits per heavy atom. The van der Waals surface area contributed by atoms with Gasteiger partial charge in [0.15, 0.2) is 0 Å². The van der Waals surface area contributed by atoms with E-state index in [9.17, 15) is 9.59 Å². The Balaban J connectivity index is 1.62. The number of pyridine rings is 1. The minimum atomic E-state index is -0.279. The highest BCUT2D eigenvalue weighted by molar-refractivity contribution is 6.30. The highest BCUT2D eigenvalue weighted by Crippen LogP contribution is 2.27. The third kappa shape index (κ3) is 3.60. The van der Waals surface area contributed by atoms with Gasteiger partial charge in [-0.1, -0.05) is 29.8 Å². The zero-order valence-corrected chi connectivity index (χ0v) is 16.1. The molecule has 4 rings (SSSR count). The number of piperidine rings is 1. The second-order valence-electron chi connectivity index (χ2n) is 7.08. The van der Waals surface area contributed by atoms with Crippen molar-refractivity contribution in [1.29, 1.82) is 0 Å². The molecule has 1 saturated heterocycles. The van der Waals surface area contributed by atoms with E-state index in [0.29, 0.717) is 31.0 Å². The Kier molecular flexibility index (Phi) is 5.05. The molecule has 144 valence electrons. The van der Waals surface area contributed by atoms with Gasteiger partial charge in [-0.15, -0.1) is 0 Å². The number of imidazole rings is 1. The fourth-order valence-electron chi connectivity index (χ4n) is 3.72. The van der Waals surface area contributed by atoms with Crippen molar-refractivity contribution in [3.63, 3.8) is 0 Å². The summed E-state index contributed by atoms with van der Waals surface area (Å²) < 4.78 is 1.96. The zero-order valence-electron chi connectivity index (χ0n) is 15.3. The summed E-state index contributed by atoms with van der Waals surface area (Å²) in [5.74, 6) is -0.382. The first kappa shape index (κ1) is 18.5. The van der Waals surface area contributed by atoms with Crippen molar-refractivity contribution in [2.75, 3.05) is 13.1 Å². The maximum Gasteiger partial charge on any atom is 0.228 e. The topological polar surface area (TPSA) is 80.7 Å². The van der Waals surface area contributed by atoms with Crippen LogP contribution in [0.1, 0.15) is 18.5 Å². The van der Waals surface area contributed by atoms with Gasteiger partial charge < -0.3 is 15.0 Å². The SMILES string of the molecule is NC(=O)C1CCN(C(=O)Cc2c(-c3ccc(Cl)cc3)nc3ccccn23)CC1. The molecule has 3 heterocycles. The molecule has 1 aliphatic rings. The normalized spacial score (nSPS) is 15.1. The third-order valence-electron chi connectivity index (χ3n) is 5.32. The molecule has 0 atom stereocenters. The number of fused-ring (bicyclic) bond motifs is 1. The molecule has 28 heavy (non-hydrogen) atoms. The first-order chi connectivity index (χ1) is 13.5. The molecule has 0 saturated carbocycles. The lowest BCUT2D eigenvalue weighted by Crippen LogP contribution is -2.42. The van der Waals surface area contributed by atoms with Crippen molar-refractivity contribution in [2.45, 2.75) is 19.3 Å². The molecule has 7 heteroatoms. The van der Waals surface area contributed by atoms with Crippen molar-refractivity contribution in [2.24, 2.45) is 11.7 Å². The van der Waals surface area contributed by atoms with Crippen LogP contribution in [0.2, 0.25) is 5.02 Å². The van der Waals surface area contributed by atoms with Gasteiger partial charge in [-0.2, -0.15) is 0 Å². The number of benzene rings is 1. The van der Waals surface area contributed by atoms with Crippen LogP contribution in [-0.2, 0) is 16.0 Å². The largest absolute Gasteiger partial charge is 0.369 e. The Morgan fingerprint density at radius 3 is 2.50 bits per heavy atom. The fraction of sp³-hybridized carbons (Fsp3) is 0.286. The van der Waals surface area contributed by atoms with Gasteiger partial charge in [0.1, 0.15) is 5.65 Å². The van der Waals surface area contributed by atoms with Crippen molar-refractivity contribution < 1.29 is 9.59 Å². The average Bonchev–Trinajstić information content (AvgIpc) is 3.07. The smallest absolute Gasteiger partial charge is 0.228 e. The summed E-state index contributed by atoms with van der Waals surface area (Å²) in [4.78, 5) is 30.9. The number of hydrogen-bond donors (Lipinski definition) is 1. The summed E-state index contributed by atoms with van der Waals surface area (Å²) in [6.45, 7) is 1.11. The van der Waals surface area contributed by atoms with Gasteiger partial charge >= 0.3 is 0 Å². The molecule has 2 N–H and O–H groups in total. The highest BCUT2D eigenvalue weighted by atomic mass is 35.5. The van der Waals surface area contributed by atoms with E-state index in [1.807, 2.05) is 58.0 Å². The van der Waals surface area contributed by atoms with Gasteiger partial charge in [-0.25, -0.2) is 4.98 Å². The van der Waals surface area contributed by atoms with Gasteiger partial charge in [0.05, 0.1) is 17.8 Å². The summed E-state index contributed by atoms with van der Waals surface area (Å²) in [7, 11) is 0. The molecule has 6 nitrogen and oxygen atoms in total. The number of primary amides is 1. The average molecular weight is 397 g/mol. The number of likely N-dealkylation sites (tertiary alicyclic amines) is 1. The molecule has 3 aromatic rings. The van der Waals surface area contributed by atoms with Crippen LogP contribution in [0.3, 0.4) is 0 Å². The number of carbonyl (C=O) groups is 2. The number of hydrogen-bond acceptors (Lipinski definition) is 3. The molecule has 1 aromatic carbocycles. The van der Waals surface area contributed by atoms with E-state index in [1.165, 1.54) is 0 Å². The number of amides is 2. The van der Waals surface area contributed by atoms with Crippen LogP contribution in [0.4, 0.5) is 0 Å². The van der Waals surface area contributed by atoms with Crippen molar-refractivity contribution in [1.82, 2.24) is 14.3 Å². The van der Waals surface area contributed by atoms with Crippen LogP contribution in [-0.4, -0.2) is 39.2 Å². The van der Waals surface area contributed by atoms with Gasteiger partial charge in [0.25, 0.3) is 0 Å². The Morgan fingerprint density at radius 2 is 1.82 bits per heavy atom. The molecule has 2 aromatic heterocycles. The summed E-state index contributed by atoms with van der Waals surface area (Å²) in [6, 6.07) is 13.2. The van der Waals surface area contributed by atoms with E-state index in [1.54, 1.807) is 0 Å². The van der Waals surface area contributed by atoms with Crippen molar-refractivity contribution in [3.05, 3.63) is 59.4 Å². The first-order valence-corrected chi connectivity index (χ1v) is 9.69. The number of nitrogens with zero attached hydrogens (tertiary/aromatic N) is 3. The van der Waals surface area contributed by atoms with Gasteiger partial charge in [0.2, 0.25) is 11.8 Å². The Hall–Kier alpha value is -2.86. The molecule has 1 fully saturated rings. The number of nitrogens with two attached hydrogens (primary N) is 1. The van der Waals surface area contributed by atoms with E-state index >= 15 is 0 Å². The van der Waals surface area contributed by atoms with E-state index < -0.39 is 0 Å². The number of halogens is 1. The summed E-state index contributed by atoms with van der Waals surface area (Å²) in [6.07, 6.45) is 3.41. The number of aromatic nitrogens is 2. The van der Waals surface area contributed by atoms with Crippen LogP contribution >= 0.6 is 11.6 Å². The maximum absolute atomic E-state index is 13.0. The fourth-order valence-corrected chi connectivity index (χ4v) is 3.85. The first-order valence-electron chi connectivity index (χ1n) is 9.32. The number of rotatable bonds is 4. The van der Waals surface area contributed by atoms with Crippen LogP contribution in [0.15, 0.2) is 48.7 Å². The standard InChI is InChI=1S/C21H21ClN4O2/c22-16-6-4-14(5-7-16)20-17(26-10-2-1-3-18(26)24-20)13-19(27)25-11-8-15(9-12-25)21(23)28/h1-7,10,15H,8-9,11-13H2,(H2,23,28). The molecular weight excluding hydrogens is 376 g/mol. The molecule has 0 unspecified atom stereocenters. The van der Waals surface area contributed by atoms with E-state index in [0.717, 1.165) is 22.6 Å². The minimum Gasteiger partial charge on any atom is -0.369 e. The molecule has 2 amide bonds. The molecule has 0 aliphatic carbocycles.